The fraction of sp³-hybridized carbons (Fsp3) is 0.446. The summed E-state index contributed by atoms with van der Waals surface area (Å²) < 4.78 is 9.69. The van der Waals surface area contributed by atoms with E-state index >= 15 is 0 Å². The number of nitrogens with zero attached hydrogens (tertiary/aromatic N) is 4. The highest BCUT2D eigenvalue weighted by molar-refractivity contribution is 6.12. The van der Waals surface area contributed by atoms with Gasteiger partial charge in [0.05, 0.1) is 17.2 Å². The van der Waals surface area contributed by atoms with Crippen molar-refractivity contribution in [2.24, 2.45) is 22.7 Å². The van der Waals surface area contributed by atoms with Gasteiger partial charge in [0.15, 0.2) is 0 Å². The van der Waals surface area contributed by atoms with Gasteiger partial charge in [0.25, 0.3) is 0 Å². The minimum absolute atomic E-state index is 0.00727. The number of fused-ring (bicyclic) bond motifs is 3. The Morgan fingerprint density at radius 2 is 1.09 bits per heavy atom. The second-order valence-electron chi connectivity index (χ2n) is 25.7. The Bertz CT molecular complexity index is 3080. The summed E-state index contributed by atoms with van der Waals surface area (Å²) in [6.07, 6.45) is 1.94. The molecule has 70 heavy (non-hydrogen) atoms. The highest BCUT2D eigenvalue weighted by Gasteiger charge is 2.37. The van der Waals surface area contributed by atoms with Crippen molar-refractivity contribution in [2.45, 2.75) is 166 Å². The van der Waals surface area contributed by atoms with Crippen LogP contribution in [0.25, 0.3) is 38.8 Å². The number of anilines is 1. The van der Waals surface area contributed by atoms with Crippen LogP contribution in [0, 0.1) is 45.4 Å². The highest BCUT2D eigenvalue weighted by Crippen LogP contribution is 2.43. The average Bonchev–Trinajstić information content (AvgIpc) is 3.82. The molecule has 0 unspecified atom stereocenters. The van der Waals surface area contributed by atoms with E-state index in [2.05, 4.69) is 239 Å². The molecule has 1 aliphatic rings. The second kappa shape index (κ2) is 18.2. The molecule has 0 N–H and O–H groups in total. The SMILES string of the molecule is Cc1cc(C)c(-c2cc(Oc3cc(-n4c5ccc(C(C)(C)C)cc5c5c(C)ccnc54)cc(C(C)(C)C)c3)cc(C3=N[C@H](C(C(C)C)C(C)C)CN3c3cc(C(C)(C)C)cc(C(C)(C)C)c3)c2)c(C)c1. The lowest BCUT2D eigenvalue weighted by molar-refractivity contribution is 0.247. The maximum absolute atomic E-state index is 7.34. The van der Waals surface area contributed by atoms with Gasteiger partial charge in [-0.15, -0.1) is 0 Å². The summed E-state index contributed by atoms with van der Waals surface area (Å²) in [6.45, 7) is 46.8. The standard InChI is InChI=1S/C65H82N4O/c1-38(2)57(39(3)4)55-37-68(50-31-47(63(12,13)14)30-48(32-50)64(15,16)17)60(67-55)45-27-44(58-42(7)25-40(5)26-43(58)8)28-52(29-45)70-53-34-49(65(18,19)20)33-51(36-53)69-56-22-21-46(62(9,10)11)35-54(56)59-41(6)23-24-66-61(59)69/h21-36,38-39,55,57H,37H2,1-20H3/t55-/m0/s1. The van der Waals surface area contributed by atoms with Gasteiger partial charge in [-0.25, -0.2) is 4.98 Å². The molecule has 0 fully saturated rings. The largest absolute Gasteiger partial charge is 0.457 e. The van der Waals surface area contributed by atoms with Gasteiger partial charge in [-0.05, 0) is 178 Å². The monoisotopic (exact) mass is 935 g/mol. The number of pyridine rings is 1. The molecule has 0 amide bonds. The molecule has 7 aromatic rings. The smallest absolute Gasteiger partial charge is 0.145 e. The molecule has 3 heterocycles. The third-order valence-corrected chi connectivity index (χ3v) is 15.0. The quantitative estimate of drug-likeness (QED) is 0.145. The first-order valence-corrected chi connectivity index (χ1v) is 26.0. The lowest BCUT2D eigenvalue weighted by Gasteiger charge is -2.32. The van der Waals surface area contributed by atoms with E-state index in [1.807, 2.05) is 6.20 Å². The van der Waals surface area contributed by atoms with Crippen molar-refractivity contribution in [1.82, 2.24) is 9.55 Å². The molecule has 8 rings (SSSR count). The lowest BCUT2D eigenvalue weighted by atomic mass is 9.79. The predicted octanol–water partition coefficient (Wildman–Crippen LogP) is 17.6. The van der Waals surface area contributed by atoms with Crippen molar-refractivity contribution in [3.05, 3.63) is 147 Å². The van der Waals surface area contributed by atoms with Gasteiger partial charge in [-0.1, -0.05) is 141 Å². The van der Waals surface area contributed by atoms with Crippen LogP contribution in [0.15, 0.2) is 102 Å². The van der Waals surface area contributed by atoms with Crippen molar-refractivity contribution in [2.75, 3.05) is 11.4 Å². The van der Waals surface area contributed by atoms with E-state index in [1.54, 1.807) is 0 Å². The van der Waals surface area contributed by atoms with Crippen LogP contribution < -0.4 is 9.64 Å². The van der Waals surface area contributed by atoms with Crippen LogP contribution in [0.3, 0.4) is 0 Å². The molecule has 0 aliphatic carbocycles. The molecule has 0 radical (unpaired) electrons. The van der Waals surface area contributed by atoms with Crippen LogP contribution in [0.5, 0.6) is 11.5 Å². The van der Waals surface area contributed by atoms with E-state index in [0.717, 1.165) is 51.9 Å². The Hall–Kier alpha value is -5.68. The molecule has 0 saturated carbocycles. The molecule has 5 aromatic carbocycles. The first-order valence-electron chi connectivity index (χ1n) is 26.0. The molecule has 1 atom stereocenters. The van der Waals surface area contributed by atoms with Crippen molar-refractivity contribution < 1.29 is 4.74 Å². The molecule has 0 saturated heterocycles. The van der Waals surface area contributed by atoms with Crippen LogP contribution in [0.1, 0.15) is 161 Å². The number of aliphatic imine (C=N–C) groups is 1. The molecular weight excluding hydrogens is 853 g/mol. The maximum atomic E-state index is 7.34. The summed E-state index contributed by atoms with van der Waals surface area (Å²) in [5.41, 5.74) is 17.7. The minimum Gasteiger partial charge on any atom is -0.457 e. The van der Waals surface area contributed by atoms with Crippen LogP contribution in [-0.2, 0) is 21.7 Å². The second-order valence-corrected chi connectivity index (χ2v) is 25.7. The number of aromatic nitrogens is 2. The zero-order valence-electron chi connectivity index (χ0n) is 46.5. The Kier molecular flexibility index (Phi) is 13.2. The van der Waals surface area contributed by atoms with Gasteiger partial charge in [0, 0.05) is 40.8 Å². The van der Waals surface area contributed by atoms with Gasteiger partial charge in [-0.2, -0.15) is 0 Å². The first-order chi connectivity index (χ1) is 32.5. The summed E-state index contributed by atoms with van der Waals surface area (Å²) in [5.74, 6) is 3.93. The van der Waals surface area contributed by atoms with Gasteiger partial charge in [0.1, 0.15) is 23.0 Å². The van der Waals surface area contributed by atoms with Crippen LogP contribution in [-0.4, -0.2) is 28.0 Å². The Morgan fingerprint density at radius 1 is 0.543 bits per heavy atom. The Morgan fingerprint density at radius 3 is 1.66 bits per heavy atom. The fourth-order valence-electron chi connectivity index (χ4n) is 11.2. The topological polar surface area (TPSA) is 42.6 Å². The molecule has 0 bridgehead atoms. The summed E-state index contributed by atoms with van der Waals surface area (Å²) in [6, 6.07) is 34.7. The van der Waals surface area contributed by atoms with Gasteiger partial charge < -0.3 is 9.64 Å². The number of ether oxygens (including phenoxy) is 1. The number of benzene rings is 5. The summed E-state index contributed by atoms with van der Waals surface area (Å²) in [4.78, 5) is 13.5. The van der Waals surface area contributed by atoms with Crippen molar-refractivity contribution in [3.63, 3.8) is 0 Å². The van der Waals surface area contributed by atoms with Gasteiger partial charge >= 0.3 is 0 Å². The minimum atomic E-state index is -0.163. The molecule has 2 aromatic heterocycles. The van der Waals surface area contributed by atoms with Crippen molar-refractivity contribution in [3.8, 4) is 28.3 Å². The molecule has 368 valence electrons. The van der Waals surface area contributed by atoms with Gasteiger partial charge in [-0.3, -0.25) is 9.56 Å². The fourth-order valence-corrected chi connectivity index (χ4v) is 11.2. The Balaban J connectivity index is 1.37. The van der Waals surface area contributed by atoms with E-state index in [4.69, 9.17) is 14.7 Å². The molecular formula is C65H82N4O. The molecule has 5 nitrogen and oxygen atoms in total. The molecule has 5 heteroatoms. The highest BCUT2D eigenvalue weighted by atomic mass is 16.5. The average molecular weight is 935 g/mol. The lowest BCUT2D eigenvalue weighted by Crippen LogP contribution is -2.35. The number of hydrogen-bond acceptors (Lipinski definition) is 4. The summed E-state index contributed by atoms with van der Waals surface area (Å²) in [7, 11) is 0. The van der Waals surface area contributed by atoms with E-state index in [-0.39, 0.29) is 27.7 Å². The molecule has 1 aliphatic heterocycles. The van der Waals surface area contributed by atoms with Crippen LogP contribution >= 0.6 is 0 Å². The number of amidine groups is 1. The summed E-state index contributed by atoms with van der Waals surface area (Å²) >= 11 is 0. The van der Waals surface area contributed by atoms with E-state index in [1.165, 1.54) is 66.5 Å². The van der Waals surface area contributed by atoms with E-state index < -0.39 is 0 Å². The maximum Gasteiger partial charge on any atom is 0.145 e. The summed E-state index contributed by atoms with van der Waals surface area (Å²) in [5, 5.41) is 2.41. The third kappa shape index (κ3) is 9.97. The normalized spacial score (nSPS) is 15.1. The van der Waals surface area contributed by atoms with Gasteiger partial charge in [0.2, 0.25) is 0 Å². The van der Waals surface area contributed by atoms with Crippen LogP contribution in [0.2, 0.25) is 0 Å². The van der Waals surface area contributed by atoms with E-state index in [0.29, 0.717) is 17.8 Å². The third-order valence-electron chi connectivity index (χ3n) is 15.0. The number of rotatable bonds is 9. The van der Waals surface area contributed by atoms with E-state index in [9.17, 15) is 0 Å². The number of hydrogen-bond donors (Lipinski definition) is 0. The zero-order chi connectivity index (χ0) is 51.2. The van der Waals surface area contributed by atoms with Crippen molar-refractivity contribution in [1.29, 1.82) is 0 Å². The predicted molar refractivity (Wildman–Crippen MR) is 302 cm³/mol. The van der Waals surface area contributed by atoms with Crippen LogP contribution in [0.4, 0.5) is 5.69 Å². The first kappa shape index (κ1) is 50.7. The van der Waals surface area contributed by atoms with Crippen molar-refractivity contribution >= 4 is 33.5 Å². The zero-order valence-corrected chi connectivity index (χ0v) is 46.5. The molecule has 0 spiro atoms. The Labute approximate surface area is 421 Å². The number of aryl methyl sites for hydroxylation is 4.